The highest BCUT2D eigenvalue weighted by Crippen LogP contribution is 2.16. The predicted molar refractivity (Wildman–Crippen MR) is 50.8 cm³/mol. The lowest BCUT2D eigenvalue weighted by Crippen LogP contribution is -2.03. The van der Waals surface area contributed by atoms with E-state index in [-0.39, 0.29) is 11.3 Å². The van der Waals surface area contributed by atoms with E-state index in [1.807, 2.05) is 0 Å². The van der Waals surface area contributed by atoms with E-state index in [0.717, 1.165) is 0 Å². The number of rotatable bonds is 1. The van der Waals surface area contributed by atoms with Crippen LogP contribution < -0.4 is 5.73 Å². The van der Waals surface area contributed by atoms with Gasteiger partial charge in [0.05, 0.1) is 11.3 Å². The van der Waals surface area contributed by atoms with Crippen LogP contribution in [0.3, 0.4) is 0 Å². The number of anilines is 1. The summed E-state index contributed by atoms with van der Waals surface area (Å²) >= 11 is 0. The van der Waals surface area contributed by atoms with Gasteiger partial charge < -0.3 is 10.8 Å². The molecule has 0 aromatic heterocycles. The van der Waals surface area contributed by atoms with Gasteiger partial charge in [0, 0.05) is 5.56 Å². The van der Waals surface area contributed by atoms with Crippen molar-refractivity contribution in [1.29, 1.82) is 0 Å². The van der Waals surface area contributed by atoms with Gasteiger partial charge in [-0.1, -0.05) is 12.0 Å². The summed E-state index contributed by atoms with van der Waals surface area (Å²) in [5.41, 5.74) is 5.94. The van der Waals surface area contributed by atoms with Crippen LogP contribution in [0, 0.1) is 11.8 Å². The first-order valence-electron chi connectivity index (χ1n) is 3.73. The third kappa shape index (κ3) is 1.90. The van der Waals surface area contributed by atoms with Crippen molar-refractivity contribution in [2.75, 3.05) is 5.73 Å². The molecule has 70 valence electrons. The molecule has 0 spiro atoms. The number of nitrogens with two attached hydrogens (primary N) is 1. The van der Waals surface area contributed by atoms with Gasteiger partial charge in [-0.3, -0.25) is 4.79 Å². The summed E-state index contributed by atoms with van der Waals surface area (Å²) < 4.78 is 0. The first-order valence-corrected chi connectivity index (χ1v) is 3.73. The van der Waals surface area contributed by atoms with Crippen molar-refractivity contribution in [1.82, 2.24) is 0 Å². The number of aromatic carboxylic acids is 1. The highest BCUT2D eigenvalue weighted by atomic mass is 16.4. The highest BCUT2D eigenvalue weighted by molar-refractivity contribution is 5.95. The van der Waals surface area contributed by atoms with Gasteiger partial charge in [0.1, 0.15) is 0 Å². The number of hydrogen-bond acceptors (Lipinski definition) is 3. The lowest BCUT2D eigenvalue weighted by molar-refractivity contribution is -0.103. The lowest BCUT2D eigenvalue weighted by Gasteiger charge is -2.01. The van der Waals surface area contributed by atoms with Gasteiger partial charge in [-0.15, -0.1) is 0 Å². The van der Waals surface area contributed by atoms with E-state index in [1.54, 1.807) is 6.07 Å². The van der Waals surface area contributed by atoms with E-state index < -0.39 is 5.97 Å². The topological polar surface area (TPSA) is 80.4 Å². The standard InChI is InChI=1S/C10H7NO3/c11-9-7(4-2-6-12)3-1-5-8(9)10(13)14/h1,3,5-6H,11H2,(H,13,14). The second-order valence-corrected chi connectivity index (χ2v) is 2.46. The maximum Gasteiger partial charge on any atom is 0.337 e. The summed E-state index contributed by atoms with van der Waals surface area (Å²) in [6.07, 6.45) is 0.423. The Hall–Kier alpha value is -2.28. The van der Waals surface area contributed by atoms with Crippen LogP contribution in [0.25, 0.3) is 0 Å². The number of carbonyl (C=O) groups is 2. The summed E-state index contributed by atoms with van der Waals surface area (Å²) in [5.74, 6) is 3.51. The van der Waals surface area contributed by atoms with Gasteiger partial charge in [-0.25, -0.2) is 4.79 Å². The summed E-state index contributed by atoms with van der Waals surface area (Å²) in [4.78, 5) is 20.6. The van der Waals surface area contributed by atoms with Crippen molar-refractivity contribution in [3.8, 4) is 11.8 Å². The smallest absolute Gasteiger partial charge is 0.337 e. The quantitative estimate of drug-likeness (QED) is 0.383. The second kappa shape index (κ2) is 4.10. The molecule has 4 heteroatoms. The SMILES string of the molecule is Nc1c(C#CC=O)cccc1C(=O)O. The van der Waals surface area contributed by atoms with Gasteiger partial charge in [0.25, 0.3) is 0 Å². The van der Waals surface area contributed by atoms with E-state index in [0.29, 0.717) is 11.8 Å². The summed E-state index contributed by atoms with van der Waals surface area (Å²) in [7, 11) is 0. The molecule has 1 aromatic rings. The minimum absolute atomic E-state index is 0.0114. The molecular formula is C10H7NO3. The van der Waals surface area contributed by atoms with Crippen LogP contribution in [0.1, 0.15) is 15.9 Å². The Balaban J connectivity index is 3.27. The third-order valence-electron chi connectivity index (χ3n) is 1.60. The van der Waals surface area contributed by atoms with Gasteiger partial charge in [0.2, 0.25) is 0 Å². The highest BCUT2D eigenvalue weighted by Gasteiger charge is 2.08. The fourth-order valence-electron chi connectivity index (χ4n) is 0.968. The Bertz CT molecular complexity index is 440. The molecule has 0 aliphatic heterocycles. The fraction of sp³-hybridized carbons (Fsp3) is 0. The maximum atomic E-state index is 10.7. The normalized spacial score (nSPS) is 8.57. The molecule has 0 saturated heterocycles. The first-order chi connectivity index (χ1) is 6.66. The molecule has 4 nitrogen and oxygen atoms in total. The minimum atomic E-state index is -1.11. The Morgan fingerprint density at radius 2 is 2.21 bits per heavy atom. The summed E-state index contributed by atoms with van der Waals surface area (Å²) in [5, 5.41) is 8.72. The van der Waals surface area contributed by atoms with Crippen molar-refractivity contribution < 1.29 is 14.7 Å². The first kappa shape index (κ1) is 9.81. The number of carboxylic acid groups (broad SMARTS) is 1. The van der Waals surface area contributed by atoms with Crippen LogP contribution in [0.5, 0.6) is 0 Å². The zero-order chi connectivity index (χ0) is 10.6. The monoisotopic (exact) mass is 189 g/mol. The number of para-hydroxylation sites is 1. The van der Waals surface area contributed by atoms with Crippen LogP contribution >= 0.6 is 0 Å². The van der Waals surface area contributed by atoms with Crippen molar-refractivity contribution in [3.05, 3.63) is 29.3 Å². The molecule has 0 heterocycles. The van der Waals surface area contributed by atoms with E-state index >= 15 is 0 Å². The fourth-order valence-corrected chi connectivity index (χ4v) is 0.968. The zero-order valence-electron chi connectivity index (χ0n) is 7.15. The van der Waals surface area contributed by atoms with Crippen LogP contribution in [0.4, 0.5) is 5.69 Å². The molecule has 0 atom stereocenters. The van der Waals surface area contributed by atoms with Crippen LogP contribution in [-0.2, 0) is 4.79 Å². The van der Waals surface area contributed by atoms with Crippen molar-refractivity contribution in [2.45, 2.75) is 0 Å². The Morgan fingerprint density at radius 3 is 2.79 bits per heavy atom. The number of benzene rings is 1. The third-order valence-corrected chi connectivity index (χ3v) is 1.60. The molecule has 0 aliphatic rings. The van der Waals surface area contributed by atoms with Crippen molar-refractivity contribution in [3.63, 3.8) is 0 Å². The summed E-state index contributed by atoms with van der Waals surface area (Å²) in [6, 6.07) is 4.46. The Labute approximate surface area is 80.3 Å². The largest absolute Gasteiger partial charge is 0.478 e. The van der Waals surface area contributed by atoms with Crippen molar-refractivity contribution in [2.24, 2.45) is 0 Å². The number of hydrogen-bond donors (Lipinski definition) is 2. The molecule has 0 unspecified atom stereocenters. The summed E-state index contributed by atoms with van der Waals surface area (Å²) in [6.45, 7) is 0. The molecule has 0 radical (unpaired) electrons. The van der Waals surface area contributed by atoms with Crippen molar-refractivity contribution >= 4 is 17.9 Å². The average molecular weight is 189 g/mol. The lowest BCUT2D eigenvalue weighted by atomic mass is 10.1. The molecular weight excluding hydrogens is 182 g/mol. The maximum absolute atomic E-state index is 10.7. The van der Waals surface area contributed by atoms with Gasteiger partial charge >= 0.3 is 5.97 Å². The van der Waals surface area contributed by atoms with Crippen LogP contribution in [-0.4, -0.2) is 17.4 Å². The number of aldehydes is 1. The number of carboxylic acids is 1. The number of nitrogen functional groups attached to an aromatic ring is 1. The average Bonchev–Trinajstić information content (AvgIpc) is 2.16. The van der Waals surface area contributed by atoms with E-state index in [2.05, 4.69) is 11.8 Å². The molecule has 1 rings (SSSR count). The number of carbonyl (C=O) groups excluding carboxylic acids is 1. The molecule has 0 bridgehead atoms. The van der Waals surface area contributed by atoms with E-state index in [1.165, 1.54) is 12.1 Å². The van der Waals surface area contributed by atoms with Gasteiger partial charge in [-0.05, 0) is 18.1 Å². The van der Waals surface area contributed by atoms with E-state index in [9.17, 15) is 9.59 Å². The molecule has 1 aromatic carbocycles. The van der Waals surface area contributed by atoms with Gasteiger partial charge in [-0.2, -0.15) is 0 Å². The molecule has 3 N–H and O–H groups in total. The zero-order valence-corrected chi connectivity index (χ0v) is 7.15. The molecule has 0 fully saturated rings. The minimum Gasteiger partial charge on any atom is -0.478 e. The van der Waals surface area contributed by atoms with Crippen LogP contribution in [0.2, 0.25) is 0 Å². The van der Waals surface area contributed by atoms with Gasteiger partial charge in [0.15, 0.2) is 6.29 Å². The Kier molecular flexibility index (Phi) is 2.87. The predicted octanol–water partition coefficient (Wildman–Crippen LogP) is 0.517. The second-order valence-electron chi connectivity index (χ2n) is 2.46. The molecule has 0 aliphatic carbocycles. The van der Waals surface area contributed by atoms with Crippen LogP contribution in [0.15, 0.2) is 18.2 Å². The molecule has 0 amide bonds. The Morgan fingerprint density at radius 1 is 1.50 bits per heavy atom. The van der Waals surface area contributed by atoms with E-state index in [4.69, 9.17) is 10.8 Å². The molecule has 14 heavy (non-hydrogen) atoms. The molecule has 0 saturated carbocycles.